The van der Waals surface area contributed by atoms with Crippen LogP contribution in [0.25, 0.3) is 0 Å². The summed E-state index contributed by atoms with van der Waals surface area (Å²) in [5.41, 5.74) is 2.00. The number of carbonyl (C=O) groups excluding carboxylic acids is 1. The zero-order valence-corrected chi connectivity index (χ0v) is 18.8. The summed E-state index contributed by atoms with van der Waals surface area (Å²) < 4.78 is 12.4. The minimum atomic E-state index is -0.727. The molecule has 0 radical (unpaired) electrons. The zero-order chi connectivity index (χ0) is 22.1. The van der Waals surface area contributed by atoms with Crippen LogP contribution in [0, 0.1) is 11.3 Å². The zero-order valence-electron chi connectivity index (χ0n) is 18.0. The number of anilines is 2. The predicted molar refractivity (Wildman–Crippen MR) is 118 cm³/mol. The van der Waals surface area contributed by atoms with Crippen LogP contribution in [0.1, 0.15) is 52.7 Å². The van der Waals surface area contributed by atoms with Crippen LogP contribution in [0.3, 0.4) is 0 Å². The number of amides is 1. The van der Waals surface area contributed by atoms with Gasteiger partial charge in [0.15, 0.2) is 0 Å². The molecule has 2 heterocycles. The van der Waals surface area contributed by atoms with E-state index in [2.05, 4.69) is 0 Å². The van der Waals surface area contributed by atoms with Crippen molar-refractivity contribution < 1.29 is 14.1 Å². The Morgan fingerprint density at radius 1 is 1.00 bits per heavy atom. The van der Waals surface area contributed by atoms with Gasteiger partial charge in [-0.1, -0.05) is 23.7 Å². The van der Waals surface area contributed by atoms with Crippen LogP contribution in [0.4, 0.5) is 11.4 Å². The van der Waals surface area contributed by atoms with E-state index in [1.54, 1.807) is 23.1 Å². The van der Waals surface area contributed by atoms with Gasteiger partial charge < -0.3 is 9.31 Å². The number of nitrogens with zero attached hydrogens (tertiary/aromatic N) is 2. The second-order valence-electron chi connectivity index (χ2n) is 9.41. The lowest BCUT2D eigenvalue weighted by atomic mass is 9.75. The molecule has 1 fully saturated rings. The van der Waals surface area contributed by atoms with E-state index in [1.807, 2.05) is 65.8 Å². The number of nitriles is 1. The van der Waals surface area contributed by atoms with Gasteiger partial charge in [0.2, 0.25) is 5.91 Å². The molecule has 0 saturated carbocycles. The highest BCUT2D eigenvalue weighted by atomic mass is 35.5. The van der Waals surface area contributed by atoms with Crippen LogP contribution < -0.4 is 10.4 Å². The highest BCUT2D eigenvalue weighted by Gasteiger charge is 2.52. The van der Waals surface area contributed by atoms with Gasteiger partial charge in [-0.2, -0.15) is 5.26 Å². The highest BCUT2D eigenvalue weighted by Crippen LogP contribution is 2.46. The summed E-state index contributed by atoms with van der Waals surface area (Å²) in [5.74, 6) is -0.0515. The highest BCUT2D eigenvalue weighted by molar-refractivity contribution is 6.62. The largest absolute Gasteiger partial charge is 0.494 e. The maximum atomic E-state index is 13.3. The monoisotopic (exact) mass is 422 g/mol. The van der Waals surface area contributed by atoms with Crippen molar-refractivity contribution >= 4 is 41.5 Å². The average Bonchev–Trinajstić information content (AvgIpc) is 3.00. The van der Waals surface area contributed by atoms with Gasteiger partial charge in [0, 0.05) is 0 Å². The first kappa shape index (κ1) is 20.9. The van der Waals surface area contributed by atoms with Gasteiger partial charge >= 0.3 is 7.12 Å². The molecule has 0 spiro atoms. The fourth-order valence-corrected chi connectivity index (χ4v) is 4.09. The Morgan fingerprint density at radius 2 is 1.63 bits per heavy atom. The van der Waals surface area contributed by atoms with Crippen LogP contribution in [-0.4, -0.2) is 24.2 Å². The van der Waals surface area contributed by atoms with Crippen molar-refractivity contribution in [3.05, 3.63) is 52.5 Å². The molecule has 1 amide bonds. The summed E-state index contributed by atoms with van der Waals surface area (Å²) in [7, 11) is -0.496. The van der Waals surface area contributed by atoms with Crippen LogP contribution in [0.2, 0.25) is 5.02 Å². The molecular weight excluding hydrogens is 399 g/mol. The lowest BCUT2D eigenvalue weighted by molar-refractivity contribution is -0.121. The average molecular weight is 423 g/mol. The van der Waals surface area contributed by atoms with Gasteiger partial charge in [0.25, 0.3) is 0 Å². The number of benzene rings is 2. The van der Waals surface area contributed by atoms with Gasteiger partial charge in [-0.15, -0.1) is 0 Å². The molecule has 4 rings (SSSR count). The molecule has 0 atom stereocenters. The van der Waals surface area contributed by atoms with Crippen molar-refractivity contribution in [3.63, 3.8) is 0 Å². The SMILES string of the molecule is CC1(C)C(=O)N(c2ccc(C#N)c(Cl)c2)c2ccc(B3OC(C)(C)C(C)(C)O3)cc21. The molecule has 2 aromatic rings. The molecule has 0 aromatic heterocycles. The molecule has 5 nitrogen and oxygen atoms in total. The Balaban J connectivity index is 1.77. The fraction of sp³-hybridized carbons (Fsp3) is 0.391. The number of rotatable bonds is 2. The first-order chi connectivity index (χ1) is 13.9. The Kier molecular flexibility index (Phi) is 4.59. The van der Waals surface area contributed by atoms with E-state index in [9.17, 15) is 4.79 Å². The number of hydrogen-bond donors (Lipinski definition) is 0. The summed E-state index contributed by atoms with van der Waals surface area (Å²) in [6.07, 6.45) is 0. The van der Waals surface area contributed by atoms with Gasteiger partial charge in [-0.05, 0) is 76.8 Å². The summed E-state index contributed by atoms with van der Waals surface area (Å²) >= 11 is 6.23. The number of fused-ring (bicyclic) bond motifs is 1. The minimum Gasteiger partial charge on any atom is -0.399 e. The van der Waals surface area contributed by atoms with E-state index in [0.717, 1.165) is 16.7 Å². The first-order valence-electron chi connectivity index (χ1n) is 9.93. The van der Waals surface area contributed by atoms with Crippen molar-refractivity contribution in [1.29, 1.82) is 5.26 Å². The van der Waals surface area contributed by atoms with Gasteiger partial charge in [-0.25, -0.2) is 0 Å². The van der Waals surface area contributed by atoms with Gasteiger partial charge in [0.05, 0.1) is 38.6 Å². The quantitative estimate of drug-likeness (QED) is 0.670. The Labute approximate surface area is 182 Å². The molecule has 30 heavy (non-hydrogen) atoms. The normalized spacial score (nSPS) is 20.9. The topological polar surface area (TPSA) is 62.6 Å². The molecule has 2 aliphatic heterocycles. The maximum Gasteiger partial charge on any atom is 0.494 e. The predicted octanol–water partition coefficient (Wildman–Crippen LogP) is 4.47. The molecular formula is C23H24BClN2O3. The van der Waals surface area contributed by atoms with E-state index < -0.39 is 23.7 Å². The summed E-state index contributed by atoms with van der Waals surface area (Å²) in [6, 6.07) is 12.9. The number of halogens is 1. The van der Waals surface area contributed by atoms with Crippen molar-refractivity contribution in [2.45, 2.75) is 58.2 Å². The molecule has 1 saturated heterocycles. The molecule has 0 bridgehead atoms. The molecule has 7 heteroatoms. The van der Waals surface area contributed by atoms with E-state index in [0.29, 0.717) is 16.3 Å². The molecule has 2 aromatic carbocycles. The molecule has 0 unspecified atom stereocenters. The van der Waals surface area contributed by atoms with E-state index in [-0.39, 0.29) is 5.91 Å². The Morgan fingerprint density at radius 3 is 2.20 bits per heavy atom. The summed E-state index contributed by atoms with van der Waals surface area (Å²) in [5, 5.41) is 9.46. The second kappa shape index (κ2) is 6.59. The van der Waals surface area contributed by atoms with Crippen molar-refractivity contribution in [3.8, 4) is 6.07 Å². The third kappa shape index (κ3) is 2.96. The van der Waals surface area contributed by atoms with E-state index >= 15 is 0 Å². The smallest absolute Gasteiger partial charge is 0.399 e. The summed E-state index contributed by atoms with van der Waals surface area (Å²) in [6.45, 7) is 11.9. The van der Waals surface area contributed by atoms with Crippen LogP contribution in [0.15, 0.2) is 36.4 Å². The fourth-order valence-electron chi connectivity index (χ4n) is 3.87. The summed E-state index contributed by atoms with van der Waals surface area (Å²) in [4.78, 5) is 15.0. The molecule has 154 valence electrons. The van der Waals surface area contributed by atoms with Crippen molar-refractivity contribution in [1.82, 2.24) is 0 Å². The van der Waals surface area contributed by atoms with Crippen LogP contribution in [-0.2, 0) is 19.5 Å². The lowest BCUT2D eigenvalue weighted by Crippen LogP contribution is -2.41. The van der Waals surface area contributed by atoms with E-state index in [1.165, 1.54) is 0 Å². The number of carbonyl (C=O) groups is 1. The molecule has 0 N–H and O–H groups in total. The third-order valence-corrected chi connectivity index (χ3v) is 6.84. The van der Waals surface area contributed by atoms with Crippen LogP contribution in [0.5, 0.6) is 0 Å². The number of hydrogen-bond acceptors (Lipinski definition) is 4. The minimum absolute atomic E-state index is 0.0515. The van der Waals surface area contributed by atoms with Crippen molar-refractivity contribution in [2.24, 2.45) is 0 Å². The van der Waals surface area contributed by atoms with E-state index in [4.69, 9.17) is 26.2 Å². The molecule has 2 aliphatic rings. The maximum absolute atomic E-state index is 13.3. The second-order valence-corrected chi connectivity index (χ2v) is 9.81. The Bertz CT molecular complexity index is 1090. The standard InChI is InChI=1S/C23H24BClN2O3/c1-21(2)17-11-15(24-29-22(3,4)23(5,6)30-24)8-10-19(17)27(20(21)28)16-9-7-14(13-26)18(25)12-16/h7-12H,1-6H3. The Hall–Kier alpha value is -2.33. The molecule has 0 aliphatic carbocycles. The van der Waals surface area contributed by atoms with Crippen molar-refractivity contribution in [2.75, 3.05) is 4.90 Å². The first-order valence-corrected chi connectivity index (χ1v) is 10.3. The lowest BCUT2D eigenvalue weighted by Gasteiger charge is -2.32. The van der Waals surface area contributed by atoms with Gasteiger partial charge in [0.1, 0.15) is 6.07 Å². The van der Waals surface area contributed by atoms with Crippen LogP contribution >= 0.6 is 11.6 Å². The third-order valence-electron chi connectivity index (χ3n) is 6.53. The van der Waals surface area contributed by atoms with Gasteiger partial charge in [-0.3, -0.25) is 9.69 Å².